The number of carbonyl (C=O) groups excluding carboxylic acids is 1. The summed E-state index contributed by atoms with van der Waals surface area (Å²) in [5.74, 6) is -0.0734. The van der Waals surface area contributed by atoms with E-state index in [1.165, 1.54) is 25.1 Å². The number of H-pyrrole nitrogens is 1. The lowest BCUT2D eigenvalue weighted by Crippen LogP contribution is -2.53. The maximum Gasteiger partial charge on any atom is 0.430 e. The summed E-state index contributed by atoms with van der Waals surface area (Å²) < 4.78 is 157. The number of carbonyl (C=O) groups is 1. The topological polar surface area (TPSA) is 92.7 Å². The van der Waals surface area contributed by atoms with Crippen LogP contribution in [0.2, 0.25) is 0 Å². The van der Waals surface area contributed by atoms with Gasteiger partial charge in [0, 0.05) is 59.9 Å². The Hall–Kier alpha value is -5.82. The second-order valence-electron chi connectivity index (χ2n) is 16.0. The molecule has 0 saturated heterocycles. The summed E-state index contributed by atoms with van der Waals surface area (Å²) in [5.41, 5.74) is -3.73. The summed E-state index contributed by atoms with van der Waals surface area (Å²) in [6.07, 6.45) is -17.1. The second-order valence-corrected chi connectivity index (χ2v) is 16.0. The third kappa shape index (κ3) is 10.2. The lowest BCUT2D eigenvalue weighted by atomic mass is 9.91. The first-order valence-corrected chi connectivity index (χ1v) is 20.1. The minimum absolute atomic E-state index is 0.0734. The number of fused-ring (bicyclic) bond motifs is 2. The zero-order valence-corrected chi connectivity index (χ0v) is 34.7. The zero-order valence-electron chi connectivity index (χ0n) is 34.7. The molecule has 0 saturated carbocycles. The van der Waals surface area contributed by atoms with Gasteiger partial charge in [0.25, 0.3) is 11.2 Å². The Bertz CT molecular complexity index is 2460. The quantitative estimate of drug-likeness (QED) is 0.101. The number of aromatic amines is 1. The van der Waals surface area contributed by atoms with E-state index in [1.54, 1.807) is 6.08 Å². The van der Waals surface area contributed by atoms with Gasteiger partial charge in [0.1, 0.15) is 0 Å². The number of rotatable bonds is 9. The van der Waals surface area contributed by atoms with E-state index < -0.39 is 47.0 Å². The lowest BCUT2D eigenvalue weighted by molar-refractivity contribution is -0.376. The molecule has 7 rings (SSSR count). The Labute approximate surface area is 365 Å². The third-order valence-electron chi connectivity index (χ3n) is 11.3. The minimum atomic E-state index is -5.91. The van der Waals surface area contributed by atoms with Crippen LogP contribution in [-0.4, -0.2) is 64.0 Å². The highest BCUT2D eigenvalue weighted by molar-refractivity contribution is 5.91. The molecular formula is C46H42F12N4O3. The van der Waals surface area contributed by atoms with Crippen LogP contribution in [0, 0.1) is 6.92 Å². The van der Waals surface area contributed by atoms with Crippen LogP contribution >= 0.6 is 0 Å². The maximum absolute atomic E-state index is 13.1. The van der Waals surface area contributed by atoms with E-state index in [1.807, 2.05) is 59.2 Å². The highest BCUT2D eigenvalue weighted by Gasteiger charge is 2.72. The molecule has 0 bridgehead atoms. The van der Waals surface area contributed by atoms with Gasteiger partial charge in [-0.15, -0.1) is 0 Å². The molecule has 4 aromatic carbocycles. The molecule has 0 radical (unpaired) electrons. The van der Waals surface area contributed by atoms with Crippen molar-refractivity contribution in [1.82, 2.24) is 10.2 Å². The van der Waals surface area contributed by atoms with Gasteiger partial charge < -0.3 is 20.0 Å². The molecule has 0 fully saturated rings. The molecule has 1 aromatic heterocycles. The Morgan fingerprint density at radius 3 is 1.46 bits per heavy atom. The van der Waals surface area contributed by atoms with E-state index in [9.17, 15) is 67.7 Å². The predicted molar refractivity (Wildman–Crippen MR) is 219 cm³/mol. The molecule has 0 unspecified atom stereocenters. The lowest BCUT2D eigenvalue weighted by Gasteiger charge is -2.33. The van der Waals surface area contributed by atoms with E-state index in [-0.39, 0.29) is 12.3 Å². The maximum atomic E-state index is 13.1. The van der Waals surface area contributed by atoms with Gasteiger partial charge >= 0.3 is 24.7 Å². The minimum Gasteiger partial charge on any atom is -0.369 e. The molecule has 0 aliphatic carbocycles. The Morgan fingerprint density at radius 2 is 1.06 bits per heavy atom. The van der Waals surface area contributed by atoms with Crippen molar-refractivity contribution in [2.24, 2.45) is 0 Å². The van der Waals surface area contributed by atoms with E-state index in [4.69, 9.17) is 0 Å². The van der Waals surface area contributed by atoms with E-state index in [0.717, 1.165) is 82.8 Å². The zero-order chi connectivity index (χ0) is 47.8. The van der Waals surface area contributed by atoms with Gasteiger partial charge in [0.05, 0.1) is 5.69 Å². The monoisotopic (exact) mass is 926 g/mol. The Balaban J connectivity index is 0.000000216. The fourth-order valence-electron chi connectivity index (χ4n) is 7.86. The molecular weight excluding hydrogens is 885 g/mol. The summed E-state index contributed by atoms with van der Waals surface area (Å²) in [5, 5.41) is 26.2. The number of nitrogens with zero attached hydrogens (tertiary/aromatic N) is 3. The van der Waals surface area contributed by atoms with Crippen LogP contribution < -0.4 is 9.80 Å². The molecule has 0 amide bonds. The molecule has 348 valence electrons. The van der Waals surface area contributed by atoms with Crippen LogP contribution in [0.1, 0.15) is 64.4 Å². The third-order valence-corrected chi connectivity index (χ3v) is 11.3. The smallest absolute Gasteiger partial charge is 0.369 e. The molecule has 7 nitrogen and oxygen atoms in total. The summed E-state index contributed by atoms with van der Waals surface area (Å²) in [7, 11) is 0. The number of ketones is 1. The Kier molecular flexibility index (Phi) is 13.6. The van der Waals surface area contributed by atoms with Crippen molar-refractivity contribution in [2.75, 3.05) is 22.9 Å². The van der Waals surface area contributed by atoms with Gasteiger partial charge in [-0.2, -0.15) is 57.8 Å². The number of halogens is 12. The molecule has 2 aliphatic heterocycles. The van der Waals surface area contributed by atoms with Crippen molar-refractivity contribution in [1.29, 1.82) is 0 Å². The predicted octanol–water partition coefficient (Wildman–Crippen LogP) is 11.2. The van der Waals surface area contributed by atoms with Gasteiger partial charge in [0.2, 0.25) is 0 Å². The second kappa shape index (κ2) is 18.2. The van der Waals surface area contributed by atoms with Crippen molar-refractivity contribution in [3.63, 3.8) is 0 Å². The number of benzene rings is 4. The number of nitrogens with one attached hydrogen (secondary N) is 1. The molecule has 5 aromatic rings. The van der Waals surface area contributed by atoms with Gasteiger partial charge in [-0.3, -0.25) is 9.89 Å². The van der Waals surface area contributed by atoms with Gasteiger partial charge in [-0.1, -0.05) is 66.7 Å². The van der Waals surface area contributed by atoms with Gasteiger partial charge in [-0.05, 0) is 104 Å². The summed E-state index contributed by atoms with van der Waals surface area (Å²) in [6, 6.07) is 20.9. The number of aromatic nitrogens is 2. The standard InChI is InChI=1S/C23H21F6N3O.C23H21F6NO2/c1-14-11-19(31-30-14)16-6-9-20-17(12-16)3-2-10-32(20)13-15-4-7-18(8-5-15)21(33,22(24,25)26)23(27,28)29;1-15(31)4-5-16-8-11-20-18(13-16)3-2-12-30(20)14-17-6-9-19(10-7-17)21(32,22(24,25)26)23(27,28)29/h4-9,11-12,33H,2-3,10,13H2,1H3,(H,30,31);4-11,13,32H,2-3,12,14H2,1H3/b;5-4+. The summed E-state index contributed by atoms with van der Waals surface area (Å²) >= 11 is 0. The first kappa shape index (κ1) is 48.6. The molecule has 65 heavy (non-hydrogen) atoms. The number of aliphatic hydroxyl groups is 2. The van der Waals surface area contributed by atoms with Crippen molar-refractivity contribution < 1.29 is 67.7 Å². The van der Waals surface area contributed by atoms with Crippen LogP contribution in [0.5, 0.6) is 0 Å². The average Bonchev–Trinajstić information content (AvgIpc) is 3.67. The van der Waals surface area contributed by atoms with E-state index in [0.29, 0.717) is 55.0 Å². The first-order chi connectivity index (χ1) is 30.2. The number of allylic oxidation sites excluding steroid dienone is 1. The highest BCUT2D eigenvalue weighted by Crippen LogP contribution is 2.51. The number of alkyl halides is 12. The summed E-state index contributed by atoms with van der Waals surface area (Å²) in [4.78, 5) is 15.1. The number of hydrogen-bond donors (Lipinski definition) is 3. The van der Waals surface area contributed by atoms with E-state index in [2.05, 4.69) is 10.2 Å². The SMILES string of the molecule is CC(=O)/C=C/c1ccc2c(c1)CCCN2Cc1ccc(C(O)(C(F)(F)F)C(F)(F)F)cc1.Cc1cc(-c2ccc3c(c2)CCCN3Cc2ccc(C(O)(C(F)(F)F)C(F)(F)F)cc2)n[nH]1. The largest absolute Gasteiger partial charge is 0.430 e. The van der Waals surface area contributed by atoms with Crippen LogP contribution in [0.3, 0.4) is 0 Å². The molecule has 3 heterocycles. The fourth-order valence-corrected chi connectivity index (χ4v) is 7.86. The first-order valence-electron chi connectivity index (χ1n) is 20.1. The van der Waals surface area contributed by atoms with Gasteiger partial charge in [-0.25, -0.2) is 0 Å². The van der Waals surface area contributed by atoms with Crippen LogP contribution in [0.25, 0.3) is 17.3 Å². The number of hydrogen-bond acceptors (Lipinski definition) is 6. The van der Waals surface area contributed by atoms with Crippen molar-refractivity contribution in [3.05, 3.63) is 142 Å². The molecule has 3 N–H and O–H groups in total. The van der Waals surface area contributed by atoms with E-state index >= 15 is 0 Å². The van der Waals surface area contributed by atoms with Crippen LogP contribution in [-0.2, 0) is 41.9 Å². The van der Waals surface area contributed by atoms with Crippen molar-refractivity contribution >= 4 is 23.2 Å². The normalized spacial score (nSPS) is 15.1. The van der Waals surface area contributed by atoms with Crippen LogP contribution in [0.4, 0.5) is 64.1 Å². The molecule has 2 aliphatic rings. The highest BCUT2D eigenvalue weighted by atomic mass is 19.4. The van der Waals surface area contributed by atoms with Crippen molar-refractivity contribution in [3.8, 4) is 11.3 Å². The average molecular weight is 927 g/mol. The number of aryl methyl sites for hydroxylation is 3. The molecule has 0 atom stereocenters. The van der Waals surface area contributed by atoms with Crippen LogP contribution in [0.15, 0.2) is 97.1 Å². The van der Waals surface area contributed by atoms with Crippen molar-refractivity contribution in [2.45, 2.75) is 88.5 Å². The van der Waals surface area contributed by atoms with Gasteiger partial charge in [0.15, 0.2) is 5.78 Å². The molecule has 0 spiro atoms. The number of anilines is 2. The summed E-state index contributed by atoms with van der Waals surface area (Å²) in [6.45, 7) is 5.33. The Morgan fingerprint density at radius 1 is 0.631 bits per heavy atom. The fraction of sp³-hybridized carbons (Fsp3) is 0.348. The molecule has 19 heteroatoms.